The first kappa shape index (κ1) is 16.1. The van der Waals surface area contributed by atoms with Gasteiger partial charge in [-0.25, -0.2) is 0 Å². The molecule has 0 amide bonds. The molecule has 0 aromatic heterocycles. The Morgan fingerprint density at radius 3 is 1.14 bits per heavy atom. The summed E-state index contributed by atoms with van der Waals surface area (Å²) in [4.78, 5) is 25.6. The Bertz CT molecular complexity index is 57.8. The molecular weight excluding hydrogens is 259 g/mol. The molecule has 4 nitrogen and oxygen atoms in total. The zero-order valence-electron chi connectivity index (χ0n) is 3.36. The van der Waals surface area contributed by atoms with Crippen LogP contribution in [0.1, 0.15) is 0 Å². The van der Waals surface area contributed by atoms with Gasteiger partial charge in [-0.3, -0.25) is 0 Å². The smallest absolute Gasteiger partial charge is 0.822 e. The van der Waals surface area contributed by atoms with E-state index in [9.17, 15) is 0 Å². The molecule has 0 saturated carbocycles. The van der Waals surface area contributed by atoms with Crippen LogP contribution in [0.2, 0.25) is 0 Å². The average Bonchev–Trinajstić information content (AvgIpc) is 0.722. The Labute approximate surface area is 91.8 Å². The van der Waals surface area contributed by atoms with E-state index in [0.29, 0.717) is 0 Å². The molecule has 0 aliphatic carbocycles. The first-order valence-corrected chi connectivity index (χ1v) is 2.19. The second-order valence-corrected chi connectivity index (χ2v) is 1.34. The zero-order valence-corrected chi connectivity index (χ0v) is 9.85. The summed E-state index contributed by atoms with van der Waals surface area (Å²) in [6, 6.07) is 0. The maximum absolute atomic E-state index is 8.55. The van der Waals surface area contributed by atoms with Crippen LogP contribution in [0.5, 0.6) is 0 Å². The third-order valence-electron chi connectivity index (χ3n) is 0. The van der Waals surface area contributed by atoms with Crippen molar-refractivity contribution in [1.29, 1.82) is 0 Å². The average molecular weight is 259 g/mol. The predicted molar refractivity (Wildman–Crippen MR) is 19.1 cm³/mol. The van der Waals surface area contributed by atoms with Crippen LogP contribution in [-0.2, 0) is 4.57 Å². The molecule has 0 fully saturated rings. The van der Waals surface area contributed by atoms with Crippen LogP contribution in [0.25, 0.3) is 0 Å². The van der Waals surface area contributed by atoms with Gasteiger partial charge in [0.2, 0.25) is 0 Å². The van der Waals surface area contributed by atoms with Crippen LogP contribution in [0.15, 0.2) is 0 Å². The van der Waals surface area contributed by atoms with Crippen molar-refractivity contribution < 1.29 is 19.2 Å². The monoisotopic (exact) mass is 260 g/mol. The van der Waals surface area contributed by atoms with E-state index in [1.807, 2.05) is 0 Å². The number of hydrogen-bond acceptors (Lipinski definition) is 4. The van der Waals surface area contributed by atoms with Gasteiger partial charge in [-0.05, 0) is 0 Å². The molecule has 7 heteroatoms. The minimum Gasteiger partial charge on any atom is -0.822 e. The van der Waals surface area contributed by atoms with Gasteiger partial charge < -0.3 is 19.2 Å². The van der Waals surface area contributed by atoms with E-state index in [4.69, 9.17) is 19.2 Å². The van der Waals surface area contributed by atoms with Crippen molar-refractivity contribution in [3.8, 4) is 0 Å². The second-order valence-electron chi connectivity index (χ2n) is 0.447. The summed E-state index contributed by atoms with van der Waals surface area (Å²) in [5, 5.41) is 0. The van der Waals surface area contributed by atoms with E-state index in [1.165, 1.54) is 0 Å². The summed E-state index contributed by atoms with van der Waals surface area (Å²) < 4.78 is 8.55. The van der Waals surface area contributed by atoms with Gasteiger partial charge >= 0.3 is 66.2 Å². The van der Waals surface area contributed by atoms with Crippen LogP contribution in [0, 0.1) is 0 Å². The fourth-order valence-corrected chi connectivity index (χ4v) is 0. The summed E-state index contributed by atoms with van der Waals surface area (Å²) in [6.07, 6.45) is 0. The minimum atomic E-state index is -5.39. The number of hydrogen-bond donors (Lipinski definition) is 0. The normalized spacial score (nSPS) is 8.43. The molecule has 32 valence electrons. The summed E-state index contributed by atoms with van der Waals surface area (Å²) in [5.41, 5.74) is 0. The second kappa shape index (κ2) is 6.34. The molecule has 0 aliphatic heterocycles. The van der Waals surface area contributed by atoms with Crippen LogP contribution in [0.4, 0.5) is 0 Å². The Kier molecular flexibility index (Phi) is 14.6. The van der Waals surface area contributed by atoms with E-state index < -0.39 is 7.82 Å². The van der Waals surface area contributed by atoms with Crippen LogP contribution < -0.4 is 14.7 Å². The zero-order chi connectivity index (χ0) is 4.50. The van der Waals surface area contributed by atoms with Crippen LogP contribution in [0.3, 0.4) is 0 Å². The Morgan fingerprint density at radius 2 is 1.14 bits per heavy atom. The van der Waals surface area contributed by atoms with Gasteiger partial charge in [-0.2, -0.15) is 7.82 Å². The Hall–Kier alpha value is 2.21. The summed E-state index contributed by atoms with van der Waals surface area (Å²) in [7, 11) is -5.39. The largest absolute Gasteiger partial charge is 3.00 e. The molecule has 7 heavy (non-hydrogen) atoms. The van der Waals surface area contributed by atoms with Gasteiger partial charge in [0.05, 0.1) is 0 Å². The van der Waals surface area contributed by atoms with Crippen molar-refractivity contribution >= 4 is 74.1 Å². The van der Waals surface area contributed by atoms with E-state index in [1.54, 1.807) is 0 Å². The molecule has 0 spiro atoms. The van der Waals surface area contributed by atoms with Crippen molar-refractivity contribution in [2.75, 3.05) is 0 Å². The predicted octanol–water partition coefficient (Wildman–Crippen LogP) is -3.59. The first-order valence-electron chi connectivity index (χ1n) is 0.730. The molecule has 0 radical (unpaired) electrons. The van der Waals surface area contributed by atoms with E-state index in [-0.39, 0.29) is 66.2 Å². The van der Waals surface area contributed by atoms with E-state index in [2.05, 4.69) is 0 Å². The van der Waals surface area contributed by atoms with Crippen LogP contribution >= 0.6 is 7.82 Å². The molecule has 0 aromatic rings. The molecule has 0 atom stereocenters. The van der Waals surface area contributed by atoms with Crippen molar-refractivity contribution in [3.63, 3.8) is 0 Å². The Morgan fingerprint density at radius 1 is 1.14 bits per heavy atom. The van der Waals surface area contributed by atoms with Crippen molar-refractivity contribution in [2.24, 2.45) is 0 Å². The van der Waals surface area contributed by atoms with Crippen molar-refractivity contribution in [3.05, 3.63) is 0 Å². The van der Waals surface area contributed by atoms with E-state index >= 15 is 0 Å². The van der Waals surface area contributed by atoms with Gasteiger partial charge in [0.25, 0.3) is 0 Å². The van der Waals surface area contributed by atoms with Gasteiger partial charge in [-0.15, -0.1) is 0 Å². The molecule has 0 aromatic carbocycles. The van der Waals surface area contributed by atoms with Crippen molar-refractivity contribution in [2.45, 2.75) is 0 Å². The Balaban J connectivity index is -0.0000000800. The van der Waals surface area contributed by atoms with Gasteiger partial charge in [0.15, 0.2) is 0 Å². The van der Waals surface area contributed by atoms with Crippen molar-refractivity contribution in [1.82, 2.24) is 0 Å². The summed E-state index contributed by atoms with van der Waals surface area (Å²) in [5.74, 6) is 0. The minimum absolute atomic E-state index is 0. The van der Waals surface area contributed by atoms with Gasteiger partial charge in [0.1, 0.15) is 0 Å². The summed E-state index contributed by atoms with van der Waals surface area (Å²) >= 11 is 0. The quantitative estimate of drug-likeness (QED) is 0.332. The molecule has 0 N–H and O–H groups in total. The summed E-state index contributed by atoms with van der Waals surface area (Å²) in [6.45, 7) is 0. The fraction of sp³-hybridized carbons (Fsp3) is 0. The molecule has 0 bridgehead atoms. The number of rotatable bonds is 0. The molecule has 0 heterocycles. The molecule has 0 rings (SSSR count). The van der Waals surface area contributed by atoms with Crippen LogP contribution in [-0.4, -0.2) is 66.2 Å². The standard InChI is InChI=1S/Al.Ba.H3O4P/c;;1-5(2,3)4/h;;(H3,1,2,3,4)/q+3;+2;/p-3. The topological polar surface area (TPSA) is 86.2 Å². The maximum Gasteiger partial charge on any atom is 3.00 e. The van der Waals surface area contributed by atoms with Gasteiger partial charge in [0, 0.05) is 0 Å². The molecule has 0 saturated heterocycles. The molecule has 0 aliphatic rings. The van der Waals surface area contributed by atoms with Gasteiger partial charge in [-0.1, -0.05) is 0 Å². The maximum atomic E-state index is 8.55. The number of phosphoric acid groups is 1. The SMILES string of the molecule is O=P([O-])([O-])[O-].[Al+3].[Ba+2]. The third-order valence-corrected chi connectivity index (χ3v) is 0. The third kappa shape index (κ3) is 64.7. The fourth-order valence-electron chi connectivity index (χ4n) is 0. The molecule has 0 unspecified atom stereocenters. The molecular formula is AlBaO4P+2. The first-order chi connectivity index (χ1) is 2.00. The van der Waals surface area contributed by atoms with E-state index in [0.717, 1.165) is 0 Å².